The van der Waals surface area contributed by atoms with Crippen molar-refractivity contribution in [1.82, 2.24) is 19.2 Å². The van der Waals surface area contributed by atoms with E-state index >= 15 is 0 Å². The minimum Gasteiger partial charge on any atom is -0.359 e. The van der Waals surface area contributed by atoms with Crippen LogP contribution in [0.15, 0.2) is 21.7 Å². The summed E-state index contributed by atoms with van der Waals surface area (Å²) in [5, 5.41) is 8.22. The maximum Gasteiger partial charge on any atom is 0.247 e. The number of rotatable bonds is 4. The predicted molar refractivity (Wildman–Crippen MR) is 89.0 cm³/mol. The van der Waals surface area contributed by atoms with Crippen molar-refractivity contribution in [1.29, 1.82) is 0 Å². The molecular formula is C16H24N4O3S. The molecule has 1 atom stereocenters. The van der Waals surface area contributed by atoms with Crippen LogP contribution in [0.5, 0.6) is 0 Å². The second-order valence-electron chi connectivity index (χ2n) is 6.29. The molecule has 0 aromatic carbocycles. The van der Waals surface area contributed by atoms with E-state index in [9.17, 15) is 8.42 Å². The van der Waals surface area contributed by atoms with Crippen LogP contribution in [-0.4, -0.2) is 34.2 Å². The van der Waals surface area contributed by atoms with E-state index in [0.29, 0.717) is 24.5 Å². The van der Waals surface area contributed by atoms with E-state index in [4.69, 9.17) is 4.52 Å². The zero-order valence-corrected chi connectivity index (χ0v) is 15.2. The minimum absolute atomic E-state index is 0.285. The fourth-order valence-corrected chi connectivity index (χ4v) is 5.07. The van der Waals surface area contributed by atoms with Crippen LogP contribution in [0.2, 0.25) is 0 Å². The van der Waals surface area contributed by atoms with Gasteiger partial charge in [-0.1, -0.05) is 18.0 Å². The molecule has 1 saturated heterocycles. The van der Waals surface area contributed by atoms with Crippen LogP contribution in [0.4, 0.5) is 0 Å². The van der Waals surface area contributed by atoms with Crippen LogP contribution in [0, 0.1) is 13.8 Å². The van der Waals surface area contributed by atoms with Crippen molar-refractivity contribution in [2.45, 2.75) is 63.9 Å². The molecule has 2 aromatic heterocycles. The molecule has 2 aromatic rings. The van der Waals surface area contributed by atoms with Gasteiger partial charge in [0.2, 0.25) is 10.0 Å². The summed E-state index contributed by atoms with van der Waals surface area (Å²) in [5.41, 5.74) is 1.30. The first-order chi connectivity index (χ1) is 11.4. The van der Waals surface area contributed by atoms with Crippen LogP contribution in [0.1, 0.15) is 55.8 Å². The molecule has 24 heavy (non-hydrogen) atoms. The fraction of sp³-hybridized carbons (Fsp3) is 0.625. The van der Waals surface area contributed by atoms with E-state index in [-0.39, 0.29) is 10.9 Å². The number of aryl methyl sites for hydroxylation is 3. The van der Waals surface area contributed by atoms with Gasteiger partial charge in [-0.15, -0.1) is 0 Å². The molecule has 0 unspecified atom stereocenters. The molecule has 3 rings (SSSR count). The van der Waals surface area contributed by atoms with E-state index in [1.165, 1.54) is 0 Å². The topological polar surface area (TPSA) is 81.2 Å². The van der Waals surface area contributed by atoms with Crippen molar-refractivity contribution in [2.24, 2.45) is 0 Å². The van der Waals surface area contributed by atoms with E-state index in [2.05, 4.69) is 10.3 Å². The highest BCUT2D eigenvalue weighted by Crippen LogP contribution is 2.35. The first-order valence-corrected chi connectivity index (χ1v) is 9.86. The smallest absolute Gasteiger partial charge is 0.247 e. The molecule has 0 N–H and O–H groups in total. The molecular weight excluding hydrogens is 328 g/mol. The average Bonchev–Trinajstić information content (AvgIpc) is 3.04. The molecule has 1 fully saturated rings. The summed E-state index contributed by atoms with van der Waals surface area (Å²) in [6, 6.07) is 1.53. The zero-order chi connectivity index (χ0) is 17.3. The Balaban J connectivity index is 2.03. The van der Waals surface area contributed by atoms with Gasteiger partial charge in [-0.2, -0.15) is 9.40 Å². The maximum atomic E-state index is 13.3. The lowest BCUT2D eigenvalue weighted by Gasteiger charge is -2.27. The third kappa shape index (κ3) is 3.12. The van der Waals surface area contributed by atoms with Crippen LogP contribution >= 0.6 is 0 Å². The summed E-state index contributed by atoms with van der Waals surface area (Å²) < 4.78 is 35.2. The third-order valence-corrected chi connectivity index (χ3v) is 6.50. The standard InChI is InChI=1S/C16H24N4O3S/c1-4-19-11-16(13(3)17-19)24(21,22)20-9-7-5-6-8-14(20)15-10-12(2)18-23-15/h10-11,14H,4-9H2,1-3H3/t14-/m0/s1. The minimum atomic E-state index is -3.63. The lowest BCUT2D eigenvalue weighted by atomic mass is 10.1. The van der Waals surface area contributed by atoms with Gasteiger partial charge in [-0.25, -0.2) is 8.42 Å². The summed E-state index contributed by atoms with van der Waals surface area (Å²) in [4.78, 5) is 0.285. The molecule has 8 heteroatoms. The van der Waals surface area contributed by atoms with Crippen molar-refractivity contribution in [2.75, 3.05) is 6.54 Å². The second-order valence-corrected chi connectivity index (χ2v) is 8.14. The number of hydrogen-bond donors (Lipinski definition) is 0. The van der Waals surface area contributed by atoms with Gasteiger partial charge in [0.15, 0.2) is 5.76 Å². The molecule has 3 heterocycles. The first-order valence-electron chi connectivity index (χ1n) is 8.42. The van der Waals surface area contributed by atoms with E-state index in [0.717, 1.165) is 31.4 Å². The maximum absolute atomic E-state index is 13.3. The van der Waals surface area contributed by atoms with Gasteiger partial charge >= 0.3 is 0 Å². The van der Waals surface area contributed by atoms with Gasteiger partial charge in [0.1, 0.15) is 4.90 Å². The highest BCUT2D eigenvalue weighted by molar-refractivity contribution is 7.89. The Morgan fingerprint density at radius 3 is 2.71 bits per heavy atom. The Labute approximate surface area is 142 Å². The quantitative estimate of drug-likeness (QED) is 0.845. The summed E-state index contributed by atoms with van der Waals surface area (Å²) >= 11 is 0. The summed E-state index contributed by atoms with van der Waals surface area (Å²) in [7, 11) is -3.63. The molecule has 1 aliphatic rings. The monoisotopic (exact) mass is 352 g/mol. The highest BCUT2D eigenvalue weighted by atomic mass is 32.2. The molecule has 132 valence electrons. The number of hydrogen-bond acceptors (Lipinski definition) is 5. The van der Waals surface area contributed by atoms with Gasteiger partial charge in [0.25, 0.3) is 0 Å². The van der Waals surface area contributed by atoms with Gasteiger partial charge in [0, 0.05) is 25.4 Å². The van der Waals surface area contributed by atoms with Crippen molar-refractivity contribution in [3.63, 3.8) is 0 Å². The molecule has 1 aliphatic heterocycles. The van der Waals surface area contributed by atoms with Crippen molar-refractivity contribution < 1.29 is 12.9 Å². The Kier molecular flexibility index (Phi) is 4.78. The zero-order valence-electron chi connectivity index (χ0n) is 14.4. The number of sulfonamides is 1. The van der Waals surface area contributed by atoms with Gasteiger partial charge in [0.05, 0.1) is 17.4 Å². The summed E-state index contributed by atoms with van der Waals surface area (Å²) in [6.07, 6.45) is 5.21. The van der Waals surface area contributed by atoms with E-state index in [1.54, 1.807) is 22.1 Å². The van der Waals surface area contributed by atoms with E-state index < -0.39 is 10.0 Å². The first kappa shape index (κ1) is 17.2. The average molecular weight is 352 g/mol. The Morgan fingerprint density at radius 2 is 2.08 bits per heavy atom. The predicted octanol–water partition coefficient (Wildman–Crippen LogP) is 2.81. The summed E-state index contributed by atoms with van der Waals surface area (Å²) in [6.45, 7) is 6.65. The molecule has 0 spiro atoms. The molecule has 0 aliphatic carbocycles. The molecule has 0 amide bonds. The molecule has 0 bridgehead atoms. The van der Waals surface area contributed by atoms with Crippen molar-refractivity contribution in [3.8, 4) is 0 Å². The lowest BCUT2D eigenvalue weighted by Crippen LogP contribution is -2.35. The van der Waals surface area contributed by atoms with Gasteiger partial charge in [-0.05, 0) is 33.6 Å². The third-order valence-electron chi connectivity index (χ3n) is 4.49. The Bertz CT molecular complexity index is 809. The number of nitrogens with zero attached hydrogens (tertiary/aromatic N) is 4. The lowest BCUT2D eigenvalue weighted by molar-refractivity contribution is 0.258. The molecule has 7 nitrogen and oxygen atoms in total. The Hall–Kier alpha value is -1.67. The van der Waals surface area contributed by atoms with Gasteiger partial charge < -0.3 is 4.52 Å². The van der Waals surface area contributed by atoms with Crippen molar-refractivity contribution >= 4 is 10.0 Å². The second kappa shape index (κ2) is 6.68. The summed E-state index contributed by atoms with van der Waals surface area (Å²) in [5.74, 6) is 0.624. The van der Waals surface area contributed by atoms with Crippen LogP contribution in [-0.2, 0) is 16.6 Å². The number of aromatic nitrogens is 3. The van der Waals surface area contributed by atoms with Gasteiger partial charge in [-0.3, -0.25) is 4.68 Å². The molecule has 0 saturated carbocycles. The van der Waals surface area contributed by atoms with E-state index in [1.807, 2.05) is 19.9 Å². The van der Waals surface area contributed by atoms with Crippen LogP contribution < -0.4 is 0 Å². The highest BCUT2D eigenvalue weighted by Gasteiger charge is 2.37. The Morgan fingerprint density at radius 1 is 1.29 bits per heavy atom. The fourth-order valence-electron chi connectivity index (χ4n) is 3.24. The van der Waals surface area contributed by atoms with Crippen LogP contribution in [0.3, 0.4) is 0 Å². The van der Waals surface area contributed by atoms with Crippen molar-refractivity contribution in [3.05, 3.63) is 29.4 Å². The van der Waals surface area contributed by atoms with Crippen LogP contribution in [0.25, 0.3) is 0 Å². The normalized spacial score (nSPS) is 20.2. The largest absolute Gasteiger partial charge is 0.359 e. The SMILES string of the molecule is CCn1cc(S(=O)(=O)N2CCCCC[C@H]2c2cc(C)no2)c(C)n1. The molecule has 0 radical (unpaired) electrons.